The van der Waals surface area contributed by atoms with Gasteiger partial charge in [-0.25, -0.2) is 0 Å². The van der Waals surface area contributed by atoms with E-state index >= 15 is 0 Å². The van der Waals surface area contributed by atoms with E-state index in [0.29, 0.717) is 12.3 Å². The molecule has 1 aromatic rings. The van der Waals surface area contributed by atoms with Gasteiger partial charge in [0.2, 0.25) is 0 Å². The third-order valence-electron chi connectivity index (χ3n) is 3.28. The number of hydrogen-bond acceptors (Lipinski definition) is 5. The van der Waals surface area contributed by atoms with Crippen molar-refractivity contribution in [3.05, 3.63) is 18.2 Å². The maximum absolute atomic E-state index is 5.94. The van der Waals surface area contributed by atoms with Crippen LogP contribution in [0.3, 0.4) is 0 Å². The maximum atomic E-state index is 5.94. The molecule has 19 heavy (non-hydrogen) atoms. The van der Waals surface area contributed by atoms with E-state index in [-0.39, 0.29) is 6.10 Å². The monoisotopic (exact) mass is 265 g/mol. The molecule has 1 fully saturated rings. The second kappa shape index (κ2) is 6.12. The summed E-state index contributed by atoms with van der Waals surface area (Å²) in [6.07, 6.45) is 0.112. The SMILES string of the molecule is CN1CCOC(COc2cc(N(C)C)ccc2N)C1. The van der Waals surface area contributed by atoms with Crippen LogP contribution in [0.4, 0.5) is 11.4 Å². The number of ether oxygens (including phenoxy) is 2. The first kappa shape index (κ1) is 14.0. The van der Waals surface area contributed by atoms with Gasteiger partial charge in [0, 0.05) is 38.9 Å². The van der Waals surface area contributed by atoms with Crippen molar-refractivity contribution in [2.45, 2.75) is 6.10 Å². The molecule has 1 unspecified atom stereocenters. The number of anilines is 2. The molecule has 0 amide bonds. The summed E-state index contributed by atoms with van der Waals surface area (Å²) in [6, 6.07) is 5.81. The summed E-state index contributed by atoms with van der Waals surface area (Å²) >= 11 is 0. The average molecular weight is 265 g/mol. The molecule has 106 valence electrons. The Bertz CT molecular complexity index is 423. The van der Waals surface area contributed by atoms with Crippen LogP contribution in [0.5, 0.6) is 5.75 Å². The number of nitrogens with zero attached hydrogens (tertiary/aromatic N) is 2. The predicted octanol–water partition coefficient (Wildman–Crippen LogP) is 1.04. The highest BCUT2D eigenvalue weighted by Gasteiger charge is 2.18. The summed E-state index contributed by atoms with van der Waals surface area (Å²) in [6.45, 7) is 3.17. The Morgan fingerprint density at radius 1 is 1.47 bits per heavy atom. The van der Waals surface area contributed by atoms with Gasteiger partial charge < -0.3 is 25.0 Å². The van der Waals surface area contributed by atoms with Gasteiger partial charge in [-0.2, -0.15) is 0 Å². The van der Waals surface area contributed by atoms with Crippen molar-refractivity contribution >= 4 is 11.4 Å². The first-order valence-electron chi connectivity index (χ1n) is 6.56. The molecule has 1 saturated heterocycles. The molecule has 1 aliphatic rings. The number of benzene rings is 1. The molecule has 1 aliphatic heterocycles. The minimum absolute atomic E-state index is 0.112. The highest BCUT2D eigenvalue weighted by Crippen LogP contribution is 2.27. The highest BCUT2D eigenvalue weighted by atomic mass is 16.5. The zero-order valence-corrected chi connectivity index (χ0v) is 11.9. The summed E-state index contributed by atoms with van der Waals surface area (Å²) in [5.74, 6) is 0.725. The largest absolute Gasteiger partial charge is 0.489 e. The number of likely N-dealkylation sites (N-methyl/N-ethyl adjacent to an activating group) is 1. The fourth-order valence-electron chi connectivity index (χ4n) is 2.08. The minimum atomic E-state index is 0.112. The Balaban J connectivity index is 1.96. The molecule has 1 atom stereocenters. The first-order valence-corrected chi connectivity index (χ1v) is 6.56. The van der Waals surface area contributed by atoms with E-state index in [4.69, 9.17) is 15.2 Å². The molecule has 1 heterocycles. The standard InChI is InChI=1S/C14H23N3O2/c1-16(2)11-4-5-13(15)14(8-11)19-10-12-9-17(3)6-7-18-12/h4-5,8,12H,6-7,9-10,15H2,1-3H3. The summed E-state index contributed by atoms with van der Waals surface area (Å²) in [4.78, 5) is 4.27. The van der Waals surface area contributed by atoms with Gasteiger partial charge >= 0.3 is 0 Å². The zero-order valence-electron chi connectivity index (χ0n) is 11.9. The maximum Gasteiger partial charge on any atom is 0.144 e. The molecule has 1 aromatic carbocycles. The lowest BCUT2D eigenvalue weighted by atomic mass is 10.2. The molecular weight excluding hydrogens is 242 g/mol. The summed E-state index contributed by atoms with van der Waals surface area (Å²) in [5.41, 5.74) is 7.67. The minimum Gasteiger partial charge on any atom is -0.489 e. The molecule has 0 bridgehead atoms. The molecule has 0 aliphatic carbocycles. The molecule has 0 aromatic heterocycles. The van der Waals surface area contributed by atoms with Gasteiger partial charge in [-0.3, -0.25) is 0 Å². The Morgan fingerprint density at radius 2 is 2.26 bits per heavy atom. The predicted molar refractivity (Wildman–Crippen MR) is 77.9 cm³/mol. The number of rotatable bonds is 4. The van der Waals surface area contributed by atoms with E-state index in [1.165, 1.54) is 0 Å². The smallest absolute Gasteiger partial charge is 0.144 e. The summed E-state index contributed by atoms with van der Waals surface area (Å²) in [5, 5.41) is 0. The van der Waals surface area contributed by atoms with E-state index < -0.39 is 0 Å². The van der Waals surface area contributed by atoms with Crippen LogP contribution in [-0.4, -0.2) is 58.5 Å². The molecule has 0 radical (unpaired) electrons. The van der Waals surface area contributed by atoms with Crippen molar-refractivity contribution in [1.29, 1.82) is 0 Å². The normalized spacial score (nSPS) is 20.3. The van der Waals surface area contributed by atoms with Gasteiger partial charge in [0.25, 0.3) is 0 Å². The number of nitrogens with two attached hydrogens (primary N) is 1. The Kier molecular flexibility index (Phi) is 4.50. The Hall–Kier alpha value is -1.46. The summed E-state index contributed by atoms with van der Waals surface area (Å²) < 4.78 is 11.5. The lowest BCUT2D eigenvalue weighted by Gasteiger charge is -2.30. The Morgan fingerprint density at radius 3 is 2.95 bits per heavy atom. The number of nitrogen functional groups attached to an aromatic ring is 1. The van der Waals surface area contributed by atoms with E-state index in [1.807, 2.05) is 37.2 Å². The van der Waals surface area contributed by atoms with E-state index in [1.54, 1.807) is 0 Å². The van der Waals surface area contributed by atoms with Crippen LogP contribution in [0.25, 0.3) is 0 Å². The number of hydrogen-bond donors (Lipinski definition) is 1. The molecule has 2 N–H and O–H groups in total. The second-order valence-electron chi connectivity index (χ2n) is 5.18. The van der Waals surface area contributed by atoms with Crippen LogP contribution < -0.4 is 15.4 Å². The van der Waals surface area contributed by atoms with Gasteiger partial charge in [-0.1, -0.05) is 0 Å². The van der Waals surface area contributed by atoms with Crippen molar-refractivity contribution in [3.63, 3.8) is 0 Å². The third kappa shape index (κ3) is 3.75. The fraction of sp³-hybridized carbons (Fsp3) is 0.571. The molecule has 0 spiro atoms. The molecular formula is C14H23N3O2. The molecule has 5 heteroatoms. The average Bonchev–Trinajstić information content (AvgIpc) is 2.37. The van der Waals surface area contributed by atoms with Crippen molar-refractivity contribution in [3.8, 4) is 5.75 Å². The van der Waals surface area contributed by atoms with E-state index in [9.17, 15) is 0 Å². The lowest BCUT2D eigenvalue weighted by Crippen LogP contribution is -2.42. The van der Waals surface area contributed by atoms with Crippen molar-refractivity contribution in [1.82, 2.24) is 4.90 Å². The topological polar surface area (TPSA) is 51.0 Å². The highest BCUT2D eigenvalue weighted by molar-refractivity contribution is 5.61. The van der Waals surface area contributed by atoms with Gasteiger partial charge in [0.05, 0.1) is 12.3 Å². The van der Waals surface area contributed by atoms with E-state index in [0.717, 1.165) is 31.1 Å². The van der Waals surface area contributed by atoms with Gasteiger partial charge in [-0.15, -0.1) is 0 Å². The van der Waals surface area contributed by atoms with Crippen LogP contribution in [0.1, 0.15) is 0 Å². The van der Waals surface area contributed by atoms with Crippen molar-refractivity contribution in [2.75, 3.05) is 58.1 Å². The summed E-state index contributed by atoms with van der Waals surface area (Å²) in [7, 11) is 6.08. The van der Waals surface area contributed by atoms with Crippen LogP contribution in [0.2, 0.25) is 0 Å². The lowest BCUT2D eigenvalue weighted by molar-refractivity contribution is -0.0402. The third-order valence-corrected chi connectivity index (χ3v) is 3.28. The molecule has 0 saturated carbocycles. The van der Waals surface area contributed by atoms with Crippen LogP contribution in [-0.2, 0) is 4.74 Å². The van der Waals surface area contributed by atoms with E-state index in [2.05, 4.69) is 11.9 Å². The number of morpholine rings is 1. The van der Waals surface area contributed by atoms with Crippen LogP contribution in [0, 0.1) is 0 Å². The van der Waals surface area contributed by atoms with Gasteiger partial charge in [-0.05, 0) is 19.2 Å². The zero-order chi connectivity index (χ0) is 13.8. The Labute approximate surface area is 114 Å². The fourth-order valence-corrected chi connectivity index (χ4v) is 2.08. The van der Waals surface area contributed by atoms with Crippen LogP contribution in [0.15, 0.2) is 18.2 Å². The molecule has 2 rings (SSSR count). The van der Waals surface area contributed by atoms with Crippen molar-refractivity contribution in [2.24, 2.45) is 0 Å². The molecule has 5 nitrogen and oxygen atoms in total. The van der Waals surface area contributed by atoms with Crippen LogP contribution >= 0.6 is 0 Å². The van der Waals surface area contributed by atoms with Crippen molar-refractivity contribution < 1.29 is 9.47 Å². The second-order valence-corrected chi connectivity index (χ2v) is 5.18. The quantitative estimate of drug-likeness (QED) is 0.825. The van der Waals surface area contributed by atoms with Gasteiger partial charge in [0.15, 0.2) is 0 Å². The first-order chi connectivity index (χ1) is 9.06. The van der Waals surface area contributed by atoms with Gasteiger partial charge in [0.1, 0.15) is 18.5 Å².